The predicted octanol–water partition coefficient (Wildman–Crippen LogP) is 2.12. The van der Waals surface area contributed by atoms with Gasteiger partial charge < -0.3 is 10.8 Å². The van der Waals surface area contributed by atoms with Gasteiger partial charge in [0.25, 0.3) is 0 Å². The topological polar surface area (TPSA) is 115 Å². The Morgan fingerprint density at radius 1 is 1.32 bits per heavy atom. The first-order valence-electron chi connectivity index (χ1n) is 7.93. The summed E-state index contributed by atoms with van der Waals surface area (Å²) >= 11 is 0. The SMILES string of the molecule is CC1=CC2=C(C(=O)c3c(CN)cc(C)cc3S2(=O)=O)C(CC(=O)O)C1. The number of benzene rings is 1. The van der Waals surface area contributed by atoms with Crippen molar-refractivity contribution in [2.24, 2.45) is 11.7 Å². The Morgan fingerprint density at radius 3 is 2.60 bits per heavy atom. The molecule has 132 valence electrons. The number of hydrogen-bond donors (Lipinski definition) is 2. The number of carboxylic acids is 1. The molecule has 1 atom stereocenters. The number of aliphatic carboxylic acids is 1. The van der Waals surface area contributed by atoms with Crippen LogP contribution >= 0.6 is 0 Å². The van der Waals surface area contributed by atoms with Gasteiger partial charge in [0.15, 0.2) is 5.78 Å². The second-order valence-corrected chi connectivity index (χ2v) is 8.49. The van der Waals surface area contributed by atoms with E-state index in [0.717, 1.165) is 5.57 Å². The normalized spacial score (nSPS) is 21.5. The summed E-state index contributed by atoms with van der Waals surface area (Å²) in [5.74, 6) is -2.14. The van der Waals surface area contributed by atoms with Gasteiger partial charge in [-0.25, -0.2) is 8.42 Å². The third-order valence-corrected chi connectivity index (χ3v) is 6.46. The van der Waals surface area contributed by atoms with Crippen LogP contribution in [0.2, 0.25) is 0 Å². The van der Waals surface area contributed by atoms with Crippen molar-refractivity contribution >= 4 is 21.6 Å². The van der Waals surface area contributed by atoms with Crippen molar-refractivity contribution in [3.05, 3.63) is 51.0 Å². The highest BCUT2D eigenvalue weighted by atomic mass is 32.2. The molecule has 1 aromatic carbocycles. The fraction of sp³-hybridized carbons (Fsp3) is 0.333. The van der Waals surface area contributed by atoms with Gasteiger partial charge in [0.2, 0.25) is 9.84 Å². The first-order valence-corrected chi connectivity index (χ1v) is 9.41. The van der Waals surface area contributed by atoms with Gasteiger partial charge in [-0.15, -0.1) is 0 Å². The van der Waals surface area contributed by atoms with E-state index < -0.39 is 27.5 Å². The molecule has 1 heterocycles. The van der Waals surface area contributed by atoms with Crippen molar-refractivity contribution in [1.82, 2.24) is 0 Å². The van der Waals surface area contributed by atoms with Crippen molar-refractivity contribution < 1.29 is 23.1 Å². The molecule has 1 aliphatic carbocycles. The molecule has 0 saturated carbocycles. The molecule has 2 aliphatic rings. The highest BCUT2D eigenvalue weighted by Crippen LogP contribution is 2.44. The summed E-state index contributed by atoms with van der Waals surface area (Å²) < 4.78 is 26.3. The molecule has 6 nitrogen and oxygen atoms in total. The maximum absolute atomic E-state index is 13.1. The Hall–Kier alpha value is -2.25. The van der Waals surface area contributed by atoms with Crippen molar-refractivity contribution in [3.8, 4) is 0 Å². The van der Waals surface area contributed by atoms with Crippen molar-refractivity contribution in [2.45, 2.75) is 38.1 Å². The summed E-state index contributed by atoms with van der Waals surface area (Å²) in [7, 11) is -3.90. The zero-order chi connectivity index (χ0) is 18.5. The number of carboxylic acid groups (broad SMARTS) is 1. The minimum Gasteiger partial charge on any atom is -0.481 e. The number of fused-ring (bicyclic) bond motifs is 1. The summed E-state index contributed by atoms with van der Waals surface area (Å²) in [6.45, 7) is 3.53. The van der Waals surface area contributed by atoms with E-state index in [1.807, 2.05) is 0 Å². The van der Waals surface area contributed by atoms with Gasteiger partial charge in [0, 0.05) is 23.6 Å². The van der Waals surface area contributed by atoms with Crippen LogP contribution in [0.4, 0.5) is 0 Å². The number of nitrogens with two attached hydrogens (primary N) is 1. The second kappa shape index (κ2) is 5.93. The molecule has 3 rings (SSSR count). The number of ketones is 1. The Morgan fingerprint density at radius 2 is 2.00 bits per heavy atom. The van der Waals surface area contributed by atoms with Gasteiger partial charge >= 0.3 is 5.97 Å². The molecule has 1 unspecified atom stereocenters. The molecule has 0 fully saturated rings. The Balaban J connectivity index is 2.34. The van der Waals surface area contributed by atoms with Crippen molar-refractivity contribution in [3.63, 3.8) is 0 Å². The fourth-order valence-electron chi connectivity index (χ4n) is 3.67. The van der Waals surface area contributed by atoms with Crippen LogP contribution in [0.25, 0.3) is 0 Å². The van der Waals surface area contributed by atoms with E-state index in [2.05, 4.69) is 0 Å². The van der Waals surface area contributed by atoms with E-state index >= 15 is 0 Å². The van der Waals surface area contributed by atoms with Crippen LogP contribution < -0.4 is 5.73 Å². The molecule has 0 saturated heterocycles. The number of allylic oxidation sites excluding steroid dienone is 3. The second-order valence-electron chi connectivity index (χ2n) is 6.60. The van der Waals surface area contributed by atoms with Crippen LogP contribution in [-0.4, -0.2) is 25.3 Å². The summed E-state index contributed by atoms with van der Waals surface area (Å²) in [5.41, 5.74) is 7.83. The first kappa shape index (κ1) is 17.6. The zero-order valence-corrected chi connectivity index (χ0v) is 14.8. The smallest absolute Gasteiger partial charge is 0.303 e. The molecule has 0 aromatic heterocycles. The number of rotatable bonds is 3. The van der Waals surface area contributed by atoms with E-state index in [4.69, 9.17) is 10.8 Å². The maximum atomic E-state index is 13.1. The molecule has 1 aliphatic heterocycles. The predicted molar refractivity (Wildman–Crippen MR) is 91.7 cm³/mol. The summed E-state index contributed by atoms with van der Waals surface area (Å²) in [6.07, 6.45) is 1.56. The Labute approximate surface area is 146 Å². The van der Waals surface area contributed by atoms with Crippen molar-refractivity contribution in [1.29, 1.82) is 0 Å². The van der Waals surface area contributed by atoms with Gasteiger partial charge in [-0.1, -0.05) is 11.6 Å². The van der Waals surface area contributed by atoms with Crippen LogP contribution in [0.5, 0.6) is 0 Å². The van der Waals surface area contributed by atoms with Gasteiger partial charge in [-0.05, 0) is 43.5 Å². The lowest BCUT2D eigenvalue weighted by Crippen LogP contribution is -2.30. The summed E-state index contributed by atoms with van der Waals surface area (Å²) in [6, 6.07) is 3.18. The molecule has 1 aromatic rings. The minimum atomic E-state index is -3.90. The van der Waals surface area contributed by atoms with Gasteiger partial charge in [-0.3, -0.25) is 9.59 Å². The van der Waals surface area contributed by atoms with Crippen LogP contribution in [0.1, 0.15) is 41.3 Å². The molecule has 0 radical (unpaired) electrons. The summed E-state index contributed by atoms with van der Waals surface area (Å²) in [4.78, 5) is 24.2. The molecule has 0 bridgehead atoms. The van der Waals surface area contributed by atoms with Gasteiger partial charge in [-0.2, -0.15) is 0 Å². The lowest BCUT2D eigenvalue weighted by molar-refractivity contribution is -0.137. The van der Waals surface area contributed by atoms with Crippen molar-refractivity contribution in [2.75, 3.05) is 0 Å². The number of carbonyl (C=O) groups is 2. The van der Waals surface area contributed by atoms with Gasteiger partial charge in [0.1, 0.15) is 0 Å². The van der Waals surface area contributed by atoms with Crippen LogP contribution in [0.3, 0.4) is 0 Å². The molecule has 3 N–H and O–H groups in total. The average molecular weight is 361 g/mol. The van der Waals surface area contributed by atoms with E-state index in [-0.39, 0.29) is 33.9 Å². The molecule has 7 heteroatoms. The average Bonchev–Trinajstić information content (AvgIpc) is 2.51. The van der Waals surface area contributed by atoms with Crippen LogP contribution in [0.15, 0.2) is 39.2 Å². The molecule has 0 amide bonds. The standard InChI is InChI=1S/C18H19NO5S/c1-9-3-11(7-15(20)21)16-13(5-9)25(23,24)14-6-10(2)4-12(8-19)17(14)18(16)22/h4-6,11H,3,7-8,19H2,1-2H3,(H,20,21). The van der Waals surface area contributed by atoms with E-state index in [1.54, 1.807) is 19.9 Å². The minimum absolute atomic E-state index is 0.0308. The number of Topliss-reactive ketones (excluding diaryl/α,β-unsaturated/α-hetero) is 1. The maximum Gasteiger partial charge on any atom is 0.303 e. The lowest BCUT2D eigenvalue weighted by Gasteiger charge is -2.30. The molecule has 25 heavy (non-hydrogen) atoms. The quantitative estimate of drug-likeness (QED) is 0.852. The number of aryl methyl sites for hydroxylation is 1. The van der Waals surface area contributed by atoms with E-state index in [9.17, 15) is 18.0 Å². The third kappa shape index (κ3) is 2.73. The van der Waals surface area contributed by atoms with Gasteiger partial charge in [0.05, 0.1) is 16.2 Å². The summed E-state index contributed by atoms with van der Waals surface area (Å²) in [5, 5.41) is 9.17. The van der Waals surface area contributed by atoms with E-state index in [0.29, 0.717) is 17.5 Å². The monoisotopic (exact) mass is 361 g/mol. The number of sulfone groups is 1. The molecule has 0 spiro atoms. The Bertz CT molecular complexity index is 967. The lowest BCUT2D eigenvalue weighted by atomic mass is 9.80. The van der Waals surface area contributed by atoms with Crippen LogP contribution in [-0.2, 0) is 21.2 Å². The largest absolute Gasteiger partial charge is 0.481 e. The Kier molecular flexibility index (Phi) is 4.17. The van der Waals surface area contributed by atoms with Crippen LogP contribution in [0, 0.1) is 12.8 Å². The zero-order valence-electron chi connectivity index (χ0n) is 14.0. The fourth-order valence-corrected chi connectivity index (χ4v) is 5.64. The highest BCUT2D eigenvalue weighted by molar-refractivity contribution is 7.95. The third-order valence-electron chi connectivity index (χ3n) is 4.64. The molecular weight excluding hydrogens is 342 g/mol. The number of hydrogen-bond acceptors (Lipinski definition) is 5. The van der Waals surface area contributed by atoms with E-state index in [1.165, 1.54) is 12.1 Å². The first-order chi connectivity index (χ1) is 11.7. The molecular formula is C18H19NO5S. The highest BCUT2D eigenvalue weighted by Gasteiger charge is 2.42. The number of carbonyl (C=O) groups excluding carboxylic acids is 1.